The first-order valence-corrected chi connectivity index (χ1v) is 6.68. The van der Waals surface area contributed by atoms with Crippen molar-refractivity contribution >= 4 is 21.4 Å². The summed E-state index contributed by atoms with van der Waals surface area (Å²) in [5.74, 6) is 0. The summed E-state index contributed by atoms with van der Waals surface area (Å²) in [5, 5.41) is 4.88. The van der Waals surface area contributed by atoms with Crippen LogP contribution in [0.4, 0.5) is 13.2 Å². The number of hydrogen-bond acceptors (Lipinski definition) is 2. The highest BCUT2D eigenvalue weighted by atomic mass is 32.1. The maximum Gasteiger partial charge on any atom is 0.407 e. The van der Waals surface area contributed by atoms with Gasteiger partial charge in [0.1, 0.15) is 6.04 Å². The van der Waals surface area contributed by atoms with Crippen molar-refractivity contribution in [1.82, 2.24) is 5.32 Å². The van der Waals surface area contributed by atoms with Gasteiger partial charge in [0.15, 0.2) is 0 Å². The number of thiophene rings is 1. The second-order valence-electron chi connectivity index (χ2n) is 4.12. The smallest absolute Gasteiger partial charge is 0.302 e. The first-order valence-electron chi connectivity index (χ1n) is 5.80. The van der Waals surface area contributed by atoms with Gasteiger partial charge < -0.3 is 5.32 Å². The quantitative estimate of drug-likeness (QED) is 0.864. The lowest BCUT2D eigenvalue weighted by atomic mass is 10.1. The summed E-state index contributed by atoms with van der Waals surface area (Å²) in [6, 6.07) is 5.62. The Morgan fingerprint density at radius 2 is 2.00 bits per heavy atom. The molecule has 0 aliphatic heterocycles. The van der Waals surface area contributed by atoms with Crippen LogP contribution in [0.3, 0.4) is 0 Å². The Balaban J connectivity index is 2.41. The van der Waals surface area contributed by atoms with Crippen LogP contribution in [0.25, 0.3) is 10.1 Å². The van der Waals surface area contributed by atoms with E-state index in [1.54, 1.807) is 17.5 Å². The third-order valence-electron chi connectivity index (χ3n) is 2.75. The van der Waals surface area contributed by atoms with E-state index in [1.807, 2.05) is 19.1 Å². The molecule has 0 aliphatic rings. The van der Waals surface area contributed by atoms with Crippen LogP contribution in [0.1, 0.15) is 24.9 Å². The van der Waals surface area contributed by atoms with Crippen molar-refractivity contribution < 1.29 is 13.2 Å². The van der Waals surface area contributed by atoms with Crippen molar-refractivity contribution in [2.75, 3.05) is 6.54 Å². The van der Waals surface area contributed by atoms with Gasteiger partial charge in [-0.3, -0.25) is 0 Å². The number of fused-ring (bicyclic) bond motifs is 1. The minimum Gasteiger partial charge on any atom is -0.302 e. The van der Waals surface area contributed by atoms with Gasteiger partial charge in [-0.25, -0.2) is 0 Å². The number of halogens is 3. The highest BCUT2D eigenvalue weighted by molar-refractivity contribution is 7.17. The van der Waals surface area contributed by atoms with Crippen molar-refractivity contribution in [2.45, 2.75) is 25.6 Å². The average Bonchev–Trinajstić information content (AvgIpc) is 2.72. The maximum atomic E-state index is 13.1. The Morgan fingerprint density at radius 1 is 1.28 bits per heavy atom. The van der Waals surface area contributed by atoms with E-state index in [0.29, 0.717) is 23.9 Å². The summed E-state index contributed by atoms with van der Waals surface area (Å²) >= 11 is 1.35. The zero-order chi connectivity index (χ0) is 13.2. The van der Waals surface area contributed by atoms with Crippen molar-refractivity contribution in [3.63, 3.8) is 0 Å². The molecule has 1 atom stereocenters. The van der Waals surface area contributed by atoms with Gasteiger partial charge in [-0.05, 0) is 35.4 Å². The molecular formula is C13H14F3NS. The molecule has 1 unspecified atom stereocenters. The lowest BCUT2D eigenvalue weighted by Crippen LogP contribution is -2.34. The Kier molecular flexibility index (Phi) is 3.92. The van der Waals surface area contributed by atoms with E-state index in [0.717, 1.165) is 4.70 Å². The summed E-state index contributed by atoms with van der Waals surface area (Å²) in [7, 11) is 0. The second-order valence-corrected chi connectivity index (χ2v) is 5.03. The maximum absolute atomic E-state index is 13.1. The molecule has 1 nitrogen and oxygen atoms in total. The van der Waals surface area contributed by atoms with E-state index in [2.05, 4.69) is 5.32 Å². The topological polar surface area (TPSA) is 12.0 Å². The molecule has 1 N–H and O–H groups in total. The molecule has 0 saturated carbocycles. The summed E-state index contributed by atoms with van der Waals surface area (Å²) in [6.45, 7) is 2.21. The molecule has 0 bridgehead atoms. The molecule has 1 aromatic carbocycles. The largest absolute Gasteiger partial charge is 0.407 e. The van der Waals surface area contributed by atoms with E-state index in [1.165, 1.54) is 11.3 Å². The van der Waals surface area contributed by atoms with E-state index >= 15 is 0 Å². The normalized spacial score (nSPS) is 14.0. The zero-order valence-corrected chi connectivity index (χ0v) is 10.7. The van der Waals surface area contributed by atoms with Gasteiger partial charge in [-0.2, -0.15) is 13.2 Å². The van der Waals surface area contributed by atoms with Gasteiger partial charge in [0.05, 0.1) is 0 Å². The van der Waals surface area contributed by atoms with Crippen LogP contribution in [0.15, 0.2) is 29.6 Å². The fourth-order valence-corrected chi connectivity index (χ4v) is 2.90. The number of hydrogen-bond donors (Lipinski definition) is 1. The van der Waals surface area contributed by atoms with Gasteiger partial charge >= 0.3 is 6.18 Å². The standard InChI is InChI=1S/C13H14F3NS/c1-2-7-17-12(13(14,15)16)10-8-18-11-6-4-3-5-9(10)11/h3-6,8,12,17H,2,7H2,1H3. The molecule has 1 aromatic heterocycles. The van der Waals surface area contributed by atoms with Crippen molar-refractivity contribution in [2.24, 2.45) is 0 Å². The van der Waals surface area contributed by atoms with Gasteiger partial charge in [0.2, 0.25) is 0 Å². The Hall–Kier alpha value is -1.07. The average molecular weight is 273 g/mol. The van der Waals surface area contributed by atoms with Crippen LogP contribution in [0.2, 0.25) is 0 Å². The van der Waals surface area contributed by atoms with E-state index < -0.39 is 12.2 Å². The zero-order valence-electron chi connectivity index (χ0n) is 9.92. The molecule has 0 fully saturated rings. The lowest BCUT2D eigenvalue weighted by molar-refractivity contribution is -0.157. The van der Waals surface area contributed by atoms with Crippen molar-refractivity contribution in [3.8, 4) is 0 Å². The van der Waals surface area contributed by atoms with Gasteiger partial charge in [0.25, 0.3) is 0 Å². The van der Waals surface area contributed by atoms with Crippen LogP contribution in [0, 0.1) is 0 Å². The number of alkyl halides is 3. The molecule has 0 aliphatic carbocycles. The van der Waals surface area contributed by atoms with Crippen LogP contribution >= 0.6 is 11.3 Å². The first-order chi connectivity index (χ1) is 8.54. The number of nitrogens with one attached hydrogen (secondary N) is 1. The molecule has 5 heteroatoms. The van der Waals surface area contributed by atoms with Crippen LogP contribution < -0.4 is 5.32 Å². The molecule has 1 heterocycles. The fraction of sp³-hybridized carbons (Fsp3) is 0.385. The summed E-state index contributed by atoms with van der Waals surface area (Å²) < 4.78 is 40.1. The summed E-state index contributed by atoms with van der Waals surface area (Å²) in [4.78, 5) is 0. The van der Waals surface area contributed by atoms with Gasteiger partial charge in [-0.15, -0.1) is 11.3 Å². The predicted molar refractivity (Wildman–Crippen MR) is 68.9 cm³/mol. The minimum atomic E-state index is -4.26. The van der Waals surface area contributed by atoms with Gasteiger partial charge in [0, 0.05) is 4.70 Å². The minimum absolute atomic E-state index is 0.330. The highest BCUT2D eigenvalue weighted by Crippen LogP contribution is 2.38. The molecule has 2 aromatic rings. The molecule has 18 heavy (non-hydrogen) atoms. The monoisotopic (exact) mass is 273 g/mol. The summed E-state index contributed by atoms with van der Waals surface area (Å²) in [6.07, 6.45) is -3.59. The number of rotatable bonds is 4. The molecule has 0 saturated heterocycles. The third-order valence-corrected chi connectivity index (χ3v) is 3.73. The Morgan fingerprint density at radius 3 is 2.67 bits per heavy atom. The third kappa shape index (κ3) is 2.67. The molecule has 0 radical (unpaired) electrons. The van der Waals surface area contributed by atoms with E-state index in [9.17, 15) is 13.2 Å². The summed E-state index contributed by atoms with van der Waals surface area (Å²) in [5.41, 5.74) is 0.330. The Labute approximate surface area is 108 Å². The van der Waals surface area contributed by atoms with Crippen molar-refractivity contribution in [1.29, 1.82) is 0 Å². The van der Waals surface area contributed by atoms with E-state index in [-0.39, 0.29) is 0 Å². The molecule has 0 spiro atoms. The van der Waals surface area contributed by atoms with Crippen LogP contribution in [0.5, 0.6) is 0 Å². The fourth-order valence-electron chi connectivity index (χ4n) is 1.91. The SMILES string of the molecule is CCCNC(c1csc2ccccc12)C(F)(F)F. The van der Waals surface area contributed by atoms with Gasteiger partial charge in [-0.1, -0.05) is 25.1 Å². The Bertz CT molecular complexity index is 518. The molecular weight excluding hydrogens is 259 g/mol. The predicted octanol–water partition coefficient (Wildman–Crippen LogP) is 4.50. The van der Waals surface area contributed by atoms with E-state index in [4.69, 9.17) is 0 Å². The van der Waals surface area contributed by atoms with Crippen molar-refractivity contribution in [3.05, 3.63) is 35.2 Å². The lowest BCUT2D eigenvalue weighted by Gasteiger charge is -2.21. The molecule has 0 amide bonds. The first kappa shape index (κ1) is 13.4. The second kappa shape index (κ2) is 5.28. The van der Waals surface area contributed by atoms with Crippen LogP contribution in [-0.4, -0.2) is 12.7 Å². The molecule has 98 valence electrons. The molecule has 2 rings (SSSR count). The van der Waals surface area contributed by atoms with Crippen LogP contribution in [-0.2, 0) is 0 Å². The number of benzene rings is 1. The highest BCUT2D eigenvalue weighted by Gasteiger charge is 2.41.